The Labute approximate surface area is 693 Å². The van der Waals surface area contributed by atoms with Crippen LogP contribution in [-0.4, -0.2) is 288 Å². The standard InChI is InChI=1S/C43H65N5O11.C43H63N5O11/c2*1-11-33-43(23-49)37(48(41(54)59-43)18-13-12-17-47-22-31(45-24-47)30-15-14-16-44-21-30)27(4)34(50)25(2)20-42(7,55-10)38(28(5)35(51)29(6)39(53)57-33)58-40-36(52)32(46(8)9)19-26(3)56-40/h14-16,21-22,24-29,32-33,36-38,40,49,52H,11-13,17-20,23H2,1-10H3;14-16,21-29,32-33,36-38,40,52H,11-13,17-20H2,1-10H3/t2*25-,26-,27+,28+,29-,32+,33-,36-,37-,38-,40?,42+,43-/m11/s1. The highest BCUT2D eigenvalue weighted by Crippen LogP contribution is 2.46. The number of ketones is 4. The van der Waals surface area contributed by atoms with E-state index in [0.717, 1.165) is 22.5 Å². The third-order valence-corrected chi connectivity index (χ3v) is 25.6. The molecule has 6 fully saturated rings. The number of methoxy groups -OCH3 is 2. The molecule has 6 saturated heterocycles. The molecule has 6 aliphatic heterocycles. The fourth-order valence-corrected chi connectivity index (χ4v) is 18.7. The van der Waals surface area contributed by atoms with Crippen molar-refractivity contribution in [3.05, 3.63) is 74.1 Å². The zero-order chi connectivity index (χ0) is 86.8. The number of imidazole rings is 2. The van der Waals surface area contributed by atoms with E-state index in [1.807, 2.05) is 97.6 Å². The van der Waals surface area contributed by atoms with Gasteiger partial charge in [-0.3, -0.25) is 48.4 Å². The first-order valence-electron chi connectivity index (χ1n) is 41.7. The van der Waals surface area contributed by atoms with Crippen molar-refractivity contribution in [2.45, 2.75) is 282 Å². The van der Waals surface area contributed by atoms with Crippen LogP contribution < -0.4 is 0 Å². The number of likely N-dealkylation sites (N-methyl/N-ethyl adjacent to an activating group) is 2. The summed E-state index contributed by atoms with van der Waals surface area (Å²) >= 11 is 0. The highest BCUT2D eigenvalue weighted by molar-refractivity contribution is 6.01. The summed E-state index contributed by atoms with van der Waals surface area (Å²) in [5, 5.41) is 34.0. The van der Waals surface area contributed by atoms with Gasteiger partial charge in [-0.15, -0.1) is 0 Å². The number of nitrogens with zero attached hydrogens (tertiary/aromatic N) is 10. The quantitative estimate of drug-likeness (QED) is 0.0196. The van der Waals surface area contributed by atoms with Crippen LogP contribution in [0.2, 0.25) is 0 Å². The minimum atomic E-state index is -2.04. The maximum atomic E-state index is 14.7. The zero-order valence-electron chi connectivity index (χ0n) is 72.4. The van der Waals surface area contributed by atoms with E-state index >= 15 is 0 Å². The van der Waals surface area contributed by atoms with Crippen LogP contribution in [0, 0.1) is 47.3 Å². The number of aliphatic hydroxyl groups is 3. The predicted octanol–water partition coefficient (Wildman–Crippen LogP) is 8.01. The van der Waals surface area contributed by atoms with Crippen molar-refractivity contribution in [2.75, 3.05) is 62.1 Å². The lowest BCUT2D eigenvalue weighted by Crippen LogP contribution is -2.62. The van der Waals surface area contributed by atoms with Gasteiger partial charge in [0.05, 0.1) is 78.4 Å². The monoisotopic (exact) mass is 1650 g/mol. The summed E-state index contributed by atoms with van der Waals surface area (Å²) in [7, 11) is 10.3. The number of esters is 2. The van der Waals surface area contributed by atoms with E-state index in [4.69, 9.17) is 47.4 Å². The van der Waals surface area contributed by atoms with Gasteiger partial charge >= 0.3 is 24.1 Å². The van der Waals surface area contributed by atoms with Gasteiger partial charge < -0.3 is 86.5 Å². The number of Topliss-reactive ketones (excluding diaryl/α,β-unsaturated/α-hetero) is 4. The topological polar surface area (TPSA) is 381 Å². The Kier molecular flexibility index (Phi) is 32.0. The molecule has 4 aromatic rings. The molecular formula is C86H128N10O22. The van der Waals surface area contributed by atoms with E-state index in [1.165, 1.54) is 37.9 Å². The van der Waals surface area contributed by atoms with Gasteiger partial charge in [0.15, 0.2) is 42.1 Å². The number of pyridine rings is 2. The van der Waals surface area contributed by atoms with Crippen LogP contribution in [0.5, 0.6) is 0 Å². The Hall–Kier alpha value is -7.89. The summed E-state index contributed by atoms with van der Waals surface area (Å²) in [5.41, 5.74) is -3.16. The second-order valence-corrected chi connectivity index (χ2v) is 34.4. The van der Waals surface area contributed by atoms with Gasteiger partial charge in [-0.1, -0.05) is 55.4 Å². The summed E-state index contributed by atoms with van der Waals surface area (Å²) in [5.74, 6) is -11.4. The number of rotatable bonds is 24. The lowest BCUT2D eigenvalue weighted by molar-refractivity contribution is -0.295. The number of cyclic esters (lactones) is 2. The number of amides is 2. The fraction of sp³-hybridized carbons (Fsp3) is 0.709. The van der Waals surface area contributed by atoms with E-state index in [1.54, 1.807) is 107 Å². The molecule has 2 unspecified atom stereocenters. The first-order valence-corrected chi connectivity index (χ1v) is 41.7. The van der Waals surface area contributed by atoms with Crippen LogP contribution in [0.25, 0.3) is 22.5 Å². The minimum Gasteiger partial charge on any atom is -0.457 e. The van der Waals surface area contributed by atoms with Crippen molar-refractivity contribution in [1.29, 1.82) is 0 Å². The van der Waals surface area contributed by atoms with Crippen LogP contribution in [0.15, 0.2) is 74.1 Å². The average molecular weight is 1650 g/mol. The van der Waals surface area contributed by atoms with Crippen molar-refractivity contribution in [3.63, 3.8) is 0 Å². The Morgan fingerprint density at radius 3 is 1.33 bits per heavy atom. The molecule has 10 rings (SSSR count). The molecule has 32 nitrogen and oxygen atoms in total. The summed E-state index contributed by atoms with van der Waals surface area (Å²) < 4.78 is 65.7. The average Bonchev–Trinajstić information content (AvgIpc) is 1.57. The molecular weight excluding hydrogens is 1520 g/mol. The van der Waals surface area contributed by atoms with E-state index in [-0.39, 0.29) is 74.6 Å². The van der Waals surface area contributed by atoms with Crippen molar-refractivity contribution in [2.24, 2.45) is 47.3 Å². The second kappa shape index (κ2) is 40.2. The number of carbonyl (C=O) groups excluding carboxylic acids is 9. The number of aliphatic hydroxyl groups excluding tert-OH is 3. The van der Waals surface area contributed by atoms with Crippen molar-refractivity contribution >= 4 is 53.5 Å². The molecule has 0 bridgehead atoms. The first-order chi connectivity index (χ1) is 55.8. The number of aryl methyl sites for hydroxylation is 2. The summed E-state index contributed by atoms with van der Waals surface area (Å²) in [6, 6.07) is 4.77. The molecule has 4 aromatic heterocycles. The van der Waals surface area contributed by atoms with Crippen LogP contribution in [0.4, 0.5) is 9.59 Å². The number of fused-ring (bicyclic) bond motifs is 2. The molecule has 0 radical (unpaired) electrons. The molecule has 2 amide bonds. The number of hydrogen-bond donors (Lipinski definition) is 3. The summed E-state index contributed by atoms with van der Waals surface area (Å²) in [4.78, 5) is 151. The molecule has 0 spiro atoms. The molecule has 3 N–H and O–H groups in total. The van der Waals surface area contributed by atoms with E-state index in [9.17, 15) is 58.5 Å². The summed E-state index contributed by atoms with van der Waals surface area (Å²) in [6.07, 6.45) is 7.05. The smallest absolute Gasteiger partial charge is 0.411 e. The number of hydrogen-bond acceptors (Lipinski definition) is 28. The Balaban J connectivity index is 0.000000269. The Morgan fingerprint density at radius 1 is 0.551 bits per heavy atom. The van der Waals surface area contributed by atoms with Gasteiger partial charge in [-0.25, -0.2) is 19.6 Å². The largest absolute Gasteiger partial charge is 0.457 e. The lowest BCUT2D eigenvalue weighted by atomic mass is 9.73. The van der Waals surface area contributed by atoms with Crippen LogP contribution in [0.1, 0.15) is 161 Å². The van der Waals surface area contributed by atoms with Crippen LogP contribution >= 0.6 is 0 Å². The van der Waals surface area contributed by atoms with Crippen LogP contribution in [0.3, 0.4) is 0 Å². The number of carbonyl (C=O) groups is 9. The van der Waals surface area contributed by atoms with Gasteiger partial charge in [0, 0.05) is 136 Å². The Bertz CT molecular complexity index is 4060. The number of aldehydes is 1. The molecule has 32 heteroatoms. The molecule has 6 aliphatic rings. The van der Waals surface area contributed by atoms with Crippen molar-refractivity contribution in [1.82, 2.24) is 48.7 Å². The maximum absolute atomic E-state index is 14.7. The minimum absolute atomic E-state index is 0.0437. The number of ether oxygens (including phenoxy) is 10. The first kappa shape index (κ1) is 94.0. The number of aromatic nitrogens is 6. The highest BCUT2D eigenvalue weighted by atomic mass is 16.7. The second-order valence-electron chi connectivity index (χ2n) is 34.4. The normalized spacial score (nSPS) is 36.2. The van der Waals surface area contributed by atoms with Gasteiger partial charge in [0.2, 0.25) is 5.60 Å². The van der Waals surface area contributed by atoms with E-state index in [2.05, 4.69) is 19.9 Å². The highest BCUT2D eigenvalue weighted by Gasteiger charge is 2.65. The molecule has 654 valence electrons. The number of unbranched alkanes of at least 4 members (excludes halogenated alkanes) is 2. The molecule has 0 aliphatic carbocycles. The third kappa shape index (κ3) is 20.1. The van der Waals surface area contributed by atoms with Gasteiger partial charge in [0.1, 0.15) is 41.7 Å². The summed E-state index contributed by atoms with van der Waals surface area (Å²) in [6.45, 7) is 24.4. The lowest BCUT2D eigenvalue weighted by Gasteiger charge is -2.47. The Morgan fingerprint density at radius 2 is 0.949 bits per heavy atom. The zero-order valence-corrected chi connectivity index (χ0v) is 72.4. The van der Waals surface area contributed by atoms with Gasteiger partial charge in [0.25, 0.3) is 0 Å². The molecule has 0 aromatic carbocycles. The SMILES string of the molecule is CC[C@H]1OC(=O)[C@H](C)C(=O)[C@H](C)[C@@H](OC2O[C@H](C)C[C@H](N(C)C)[C@H]2O)[C@@](C)(OC)C[C@@H](C)C(=O)[C@H](C)[C@H]2N(CCCCn3cnc(-c4cccnc4)c3)C(=O)O[C@]12C=O.CC[C@H]1OC(=O)[C@H](C)C(=O)[C@H](C)[C@@H](OC2O[C@H](C)C[C@H](N(C)C)[C@H]2O)[C@@](C)(OC)C[C@@H](C)C(=O)[C@H](C)[C@H]2N(CCCCn3cnc(-c4cccnc4)c3)C(=O)O[C@]12CO. The maximum Gasteiger partial charge on any atom is 0.411 e. The van der Waals surface area contributed by atoms with Gasteiger partial charge in [-0.2, -0.15) is 0 Å². The van der Waals surface area contributed by atoms with E-state index < -0.39 is 173 Å². The molecule has 118 heavy (non-hydrogen) atoms. The van der Waals surface area contributed by atoms with E-state index in [0.29, 0.717) is 57.9 Å². The van der Waals surface area contributed by atoms with Crippen molar-refractivity contribution in [3.8, 4) is 22.5 Å². The predicted molar refractivity (Wildman–Crippen MR) is 430 cm³/mol. The third-order valence-electron chi connectivity index (χ3n) is 25.6. The molecule has 26 atom stereocenters. The molecule has 10 heterocycles. The van der Waals surface area contributed by atoms with Crippen molar-refractivity contribution < 1.29 is 106 Å². The van der Waals surface area contributed by atoms with Gasteiger partial charge in [-0.05, 0) is 158 Å². The molecule has 0 saturated carbocycles. The fourth-order valence-electron chi connectivity index (χ4n) is 18.7. The van der Waals surface area contributed by atoms with Crippen LogP contribution in [-0.2, 0) is 94.0 Å².